The first-order valence-electron chi connectivity index (χ1n) is 5.26. The number of hydrogen-bond donors (Lipinski definition) is 2. The van der Waals surface area contributed by atoms with Gasteiger partial charge in [-0.1, -0.05) is 15.9 Å². The van der Waals surface area contributed by atoms with Crippen LogP contribution in [0.15, 0.2) is 4.47 Å². The molecular formula is C12H18BrNO3. The molecule has 0 saturated carbocycles. The van der Waals surface area contributed by atoms with E-state index in [0.29, 0.717) is 11.5 Å². The Bertz CT molecular complexity index is 421. The summed E-state index contributed by atoms with van der Waals surface area (Å²) in [5.74, 6) is 1.23. The molecule has 0 aliphatic carbocycles. The zero-order valence-corrected chi connectivity index (χ0v) is 12.1. The van der Waals surface area contributed by atoms with Gasteiger partial charge in [-0.3, -0.25) is 0 Å². The molecule has 0 heterocycles. The molecule has 5 heteroatoms. The zero-order chi connectivity index (χ0) is 13.2. The standard InChI is InChI=1S/C12H18BrNO3/c1-6-9(8(14)5-15)12(17-4)11(16-3)7(2)10(6)13/h8,15H,5,14H2,1-4H3. The highest BCUT2D eigenvalue weighted by Crippen LogP contribution is 2.43. The monoisotopic (exact) mass is 303 g/mol. The lowest BCUT2D eigenvalue weighted by atomic mass is 9.97. The van der Waals surface area contributed by atoms with E-state index in [1.54, 1.807) is 14.2 Å². The Kier molecular flexibility index (Phi) is 4.80. The first-order valence-corrected chi connectivity index (χ1v) is 6.05. The first kappa shape index (κ1) is 14.3. The van der Waals surface area contributed by atoms with Gasteiger partial charge in [0.25, 0.3) is 0 Å². The number of aliphatic hydroxyl groups excluding tert-OH is 1. The SMILES string of the molecule is COc1c(C)c(Br)c(C)c(C(N)CO)c1OC. The molecule has 0 amide bonds. The van der Waals surface area contributed by atoms with E-state index in [1.165, 1.54) is 0 Å². The molecular weight excluding hydrogens is 286 g/mol. The number of ether oxygens (including phenoxy) is 2. The van der Waals surface area contributed by atoms with E-state index in [2.05, 4.69) is 15.9 Å². The van der Waals surface area contributed by atoms with Gasteiger partial charge in [0.05, 0.1) is 26.9 Å². The van der Waals surface area contributed by atoms with Gasteiger partial charge in [0, 0.05) is 15.6 Å². The third-order valence-corrected chi connectivity index (χ3v) is 4.02. The second-order valence-electron chi connectivity index (χ2n) is 3.83. The molecule has 0 aliphatic heterocycles. The maximum absolute atomic E-state index is 9.22. The molecule has 1 aromatic rings. The molecule has 0 radical (unpaired) electrons. The van der Waals surface area contributed by atoms with E-state index in [1.807, 2.05) is 13.8 Å². The molecule has 0 bridgehead atoms. The number of methoxy groups -OCH3 is 2. The third kappa shape index (κ3) is 2.41. The van der Waals surface area contributed by atoms with Gasteiger partial charge in [-0.2, -0.15) is 0 Å². The molecule has 0 aromatic heterocycles. The highest BCUT2D eigenvalue weighted by molar-refractivity contribution is 9.10. The molecule has 0 aliphatic rings. The van der Waals surface area contributed by atoms with Crippen molar-refractivity contribution in [1.82, 2.24) is 0 Å². The van der Waals surface area contributed by atoms with Crippen molar-refractivity contribution in [2.45, 2.75) is 19.9 Å². The largest absolute Gasteiger partial charge is 0.493 e. The van der Waals surface area contributed by atoms with Crippen molar-refractivity contribution < 1.29 is 14.6 Å². The summed E-state index contributed by atoms with van der Waals surface area (Å²) in [6.07, 6.45) is 0. The van der Waals surface area contributed by atoms with Crippen molar-refractivity contribution in [2.24, 2.45) is 5.73 Å². The Morgan fingerprint density at radius 3 is 2.12 bits per heavy atom. The van der Waals surface area contributed by atoms with Crippen LogP contribution in [0.5, 0.6) is 11.5 Å². The third-order valence-electron chi connectivity index (χ3n) is 2.83. The smallest absolute Gasteiger partial charge is 0.166 e. The molecule has 3 N–H and O–H groups in total. The summed E-state index contributed by atoms with van der Waals surface area (Å²) in [6.45, 7) is 3.73. The summed E-state index contributed by atoms with van der Waals surface area (Å²) < 4.78 is 11.6. The molecule has 96 valence electrons. The summed E-state index contributed by atoms with van der Waals surface area (Å²) in [5, 5.41) is 9.22. The van der Waals surface area contributed by atoms with Crippen LogP contribution < -0.4 is 15.2 Å². The molecule has 0 spiro atoms. The Labute approximate surface area is 110 Å². The normalized spacial score (nSPS) is 12.4. The van der Waals surface area contributed by atoms with Crippen molar-refractivity contribution in [3.05, 3.63) is 21.2 Å². The minimum absolute atomic E-state index is 0.143. The predicted molar refractivity (Wildman–Crippen MR) is 70.7 cm³/mol. The van der Waals surface area contributed by atoms with Crippen LogP contribution in [0.2, 0.25) is 0 Å². The lowest BCUT2D eigenvalue weighted by Gasteiger charge is -2.22. The molecule has 1 atom stereocenters. The van der Waals surface area contributed by atoms with E-state index >= 15 is 0 Å². The summed E-state index contributed by atoms with van der Waals surface area (Å²) in [5.41, 5.74) is 8.59. The van der Waals surface area contributed by atoms with Gasteiger partial charge in [0.2, 0.25) is 0 Å². The minimum atomic E-state index is -0.490. The van der Waals surface area contributed by atoms with Crippen molar-refractivity contribution in [3.63, 3.8) is 0 Å². The average Bonchev–Trinajstić information content (AvgIpc) is 2.34. The van der Waals surface area contributed by atoms with Crippen molar-refractivity contribution in [3.8, 4) is 11.5 Å². The van der Waals surface area contributed by atoms with E-state index in [-0.39, 0.29) is 6.61 Å². The van der Waals surface area contributed by atoms with Gasteiger partial charge in [0.15, 0.2) is 11.5 Å². The highest BCUT2D eigenvalue weighted by atomic mass is 79.9. The maximum atomic E-state index is 9.22. The Morgan fingerprint density at radius 2 is 1.71 bits per heavy atom. The second kappa shape index (κ2) is 5.71. The van der Waals surface area contributed by atoms with Crippen molar-refractivity contribution >= 4 is 15.9 Å². The maximum Gasteiger partial charge on any atom is 0.166 e. The number of aliphatic hydroxyl groups is 1. The first-order chi connectivity index (χ1) is 7.99. The fourth-order valence-corrected chi connectivity index (χ4v) is 2.34. The topological polar surface area (TPSA) is 64.7 Å². The second-order valence-corrected chi connectivity index (χ2v) is 4.63. The molecule has 1 unspecified atom stereocenters. The molecule has 1 rings (SSSR count). The number of nitrogens with two attached hydrogens (primary N) is 1. The molecule has 1 aromatic carbocycles. The Morgan fingerprint density at radius 1 is 1.18 bits per heavy atom. The molecule has 0 saturated heterocycles. The number of benzene rings is 1. The van der Waals surface area contributed by atoms with Crippen molar-refractivity contribution in [2.75, 3.05) is 20.8 Å². The number of hydrogen-bond acceptors (Lipinski definition) is 4. The van der Waals surface area contributed by atoms with Crippen LogP contribution in [0.3, 0.4) is 0 Å². The van der Waals surface area contributed by atoms with Crippen molar-refractivity contribution in [1.29, 1.82) is 0 Å². The molecule has 17 heavy (non-hydrogen) atoms. The highest BCUT2D eigenvalue weighted by Gasteiger charge is 2.23. The van der Waals surface area contributed by atoms with Crippen LogP contribution >= 0.6 is 15.9 Å². The Hall–Kier alpha value is -0.780. The number of rotatable bonds is 4. The summed E-state index contributed by atoms with van der Waals surface area (Å²) in [6, 6.07) is -0.490. The van der Waals surface area contributed by atoms with E-state index < -0.39 is 6.04 Å². The van der Waals surface area contributed by atoms with E-state index in [9.17, 15) is 5.11 Å². The minimum Gasteiger partial charge on any atom is -0.493 e. The van der Waals surface area contributed by atoms with Gasteiger partial charge in [-0.15, -0.1) is 0 Å². The Balaban J connectivity index is 3.61. The summed E-state index contributed by atoms with van der Waals surface area (Å²) in [4.78, 5) is 0. The van der Waals surface area contributed by atoms with E-state index in [0.717, 1.165) is 21.2 Å². The summed E-state index contributed by atoms with van der Waals surface area (Å²) >= 11 is 3.51. The average molecular weight is 304 g/mol. The van der Waals surface area contributed by atoms with Gasteiger partial charge >= 0.3 is 0 Å². The fourth-order valence-electron chi connectivity index (χ4n) is 1.95. The number of halogens is 1. The van der Waals surface area contributed by atoms with Crippen LogP contribution in [0.25, 0.3) is 0 Å². The van der Waals surface area contributed by atoms with Gasteiger partial charge in [-0.05, 0) is 19.4 Å². The lowest BCUT2D eigenvalue weighted by molar-refractivity contribution is 0.262. The predicted octanol–water partition coefficient (Wildman–Crippen LogP) is 2.08. The molecule has 4 nitrogen and oxygen atoms in total. The summed E-state index contributed by atoms with van der Waals surface area (Å²) in [7, 11) is 3.15. The van der Waals surface area contributed by atoms with Gasteiger partial charge in [-0.25, -0.2) is 0 Å². The van der Waals surface area contributed by atoms with Crippen LogP contribution in [-0.4, -0.2) is 25.9 Å². The van der Waals surface area contributed by atoms with Crippen LogP contribution in [-0.2, 0) is 0 Å². The van der Waals surface area contributed by atoms with Gasteiger partial charge in [0.1, 0.15) is 0 Å². The van der Waals surface area contributed by atoms with Crippen LogP contribution in [0.4, 0.5) is 0 Å². The molecule has 0 fully saturated rings. The fraction of sp³-hybridized carbons (Fsp3) is 0.500. The lowest BCUT2D eigenvalue weighted by Crippen LogP contribution is -2.18. The van der Waals surface area contributed by atoms with Crippen LogP contribution in [0, 0.1) is 13.8 Å². The van der Waals surface area contributed by atoms with Gasteiger partial charge < -0.3 is 20.3 Å². The quantitative estimate of drug-likeness (QED) is 0.894. The zero-order valence-electron chi connectivity index (χ0n) is 10.5. The van der Waals surface area contributed by atoms with E-state index in [4.69, 9.17) is 15.2 Å². The van der Waals surface area contributed by atoms with Crippen LogP contribution in [0.1, 0.15) is 22.7 Å².